The van der Waals surface area contributed by atoms with Crippen molar-refractivity contribution in [2.75, 3.05) is 11.9 Å². The van der Waals surface area contributed by atoms with Crippen molar-refractivity contribution in [2.45, 2.75) is 12.5 Å². The summed E-state index contributed by atoms with van der Waals surface area (Å²) in [4.78, 5) is 16.7. The molecule has 1 aliphatic rings. The molecule has 0 aromatic carbocycles. The molecule has 108 valence electrons. The van der Waals surface area contributed by atoms with Gasteiger partial charge in [-0.15, -0.1) is 0 Å². The molecular formula is C13H15N6O2+. The molecule has 0 bridgehead atoms. The normalized spacial score (nSPS) is 17.3. The van der Waals surface area contributed by atoms with E-state index < -0.39 is 6.04 Å². The smallest absolute Gasteiger partial charge is 0.287 e. The molecule has 8 heteroatoms. The number of hydrogen-bond acceptors (Lipinski definition) is 5. The number of allylic oxidation sites excluding steroid dienone is 1. The number of aromatic nitrogens is 4. The first-order valence-electron chi connectivity index (χ1n) is 6.49. The highest BCUT2D eigenvalue weighted by atomic mass is 16.6. The lowest BCUT2D eigenvalue weighted by Crippen LogP contribution is -2.31. The summed E-state index contributed by atoms with van der Waals surface area (Å²) in [5.41, 5.74) is 1.13. The maximum Gasteiger partial charge on any atom is 0.287 e. The van der Waals surface area contributed by atoms with Gasteiger partial charge in [0, 0.05) is 25.6 Å². The highest BCUT2D eigenvalue weighted by molar-refractivity contribution is 5.39. The zero-order valence-electron chi connectivity index (χ0n) is 11.7. The second kappa shape index (κ2) is 4.97. The summed E-state index contributed by atoms with van der Waals surface area (Å²) in [5, 5.41) is 15.5. The molecule has 0 saturated carbocycles. The Balaban J connectivity index is 1.99. The van der Waals surface area contributed by atoms with E-state index >= 15 is 0 Å². The predicted molar refractivity (Wildman–Crippen MR) is 73.9 cm³/mol. The summed E-state index contributed by atoms with van der Waals surface area (Å²) in [7, 11) is 3.65. The zero-order chi connectivity index (χ0) is 15.0. The number of nitro groups is 1. The predicted octanol–water partition coefficient (Wildman–Crippen LogP) is 0.454. The second-order valence-electron chi connectivity index (χ2n) is 5.02. The van der Waals surface area contributed by atoms with Gasteiger partial charge in [-0.1, -0.05) is 0 Å². The zero-order valence-corrected chi connectivity index (χ0v) is 11.7. The van der Waals surface area contributed by atoms with E-state index in [9.17, 15) is 10.1 Å². The van der Waals surface area contributed by atoms with Gasteiger partial charge in [-0.3, -0.25) is 10.1 Å². The van der Waals surface area contributed by atoms with Gasteiger partial charge in [0.15, 0.2) is 18.4 Å². The van der Waals surface area contributed by atoms with Gasteiger partial charge in [-0.2, -0.15) is 10.1 Å². The van der Waals surface area contributed by atoms with Crippen LogP contribution >= 0.6 is 0 Å². The Labute approximate surface area is 121 Å². The Bertz CT molecular complexity index is 706. The Kier molecular flexibility index (Phi) is 3.13. The molecule has 3 rings (SSSR count). The molecule has 0 amide bonds. The standard InChI is InChI=1S/C13H15N6O2/c1-16-5-3-10(4-6-16)7-11-12(19(20)21)8-17(2)13-14-9-15-18(11)13/h3-6,8-9,11H,7H2,1-2H3/q+1. The molecule has 2 aromatic rings. The van der Waals surface area contributed by atoms with Crippen LogP contribution in [-0.2, 0) is 13.5 Å². The quantitative estimate of drug-likeness (QED) is 0.465. The Morgan fingerprint density at radius 2 is 2.14 bits per heavy atom. The average Bonchev–Trinajstić information content (AvgIpc) is 2.94. The first kappa shape index (κ1) is 13.2. The van der Waals surface area contributed by atoms with Crippen molar-refractivity contribution >= 4 is 5.95 Å². The van der Waals surface area contributed by atoms with Gasteiger partial charge in [0.1, 0.15) is 13.4 Å². The monoisotopic (exact) mass is 287 g/mol. The number of anilines is 1. The van der Waals surface area contributed by atoms with E-state index in [1.165, 1.54) is 12.5 Å². The van der Waals surface area contributed by atoms with Gasteiger partial charge in [-0.25, -0.2) is 9.25 Å². The highest BCUT2D eigenvalue weighted by Crippen LogP contribution is 2.30. The summed E-state index contributed by atoms with van der Waals surface area (Å²) >= 11 is 0. The molecule has 2 aromatic heterocycles. The lowest BCUT2D eigenvalue weighted by atomic mass is 10.0. The SMILES string of the molecule is CN1C=C([N+](=O)[O-])C(Cc2cc[n+](C)cc2)n2ncnc21. The van der Waals surface area contributed by atoms with Crippen LogP contribution in [0, 0.1) is 10.1 Å². The van der Waals surface area contributed by atoms with Crippen molar-refractivity contribution in [3.05, 3.63) is 58.4 Å². The second-order valence-corrected chi connectivity index (χ2v) is 5.02. The van der Waals surface area contributed by atoms with Crippen molar-refractivity contribution in [1.82, 2.24) is 14.8 Å². The molecule has 21 heavy (non-hydrogen) atoms. The molecule has 1 atom stereocenters. The fourth-order valence-electron chi connectivity index (χ4n) is 2.43. The Morgan fingerprint density at radius 1 is 1.43 bits per heavy atom. The molecule has 0 radical (unpaired) electrons. The molecule has 1 aliphatic heterocycles. The first-order chi connectivity index (χ1) is 10.1. The van der Waals surface area contributed by atoms with Crippen LogP contribution in [0.25, 0.3) is 0 Å². The van der Waals surface area contributed by atoms with Crippen LogP contribution in [0.2, 0.25) is 0 Å². The Morgan fingerprint density at radius 3 is 2.81 bits per heavy atom. The minimum Gasteiger partial charge on any atom is -0.314 e. The number of rotatable bonds is 3. The van der Waals surface area contributed by atoms with Crippen molar-refractivity contribution in [3.63, 3.8) is 0 Å². The number of nitrogens with zero attached hydrogens (tertiary/aromatic N) is 6. The van der Waals surface area contributed by atoms with Crippen molar-refractivity contribution in [3.8, 4) is 0 Å². The van der Waals surface area contributed by atoms with Gasteiger partial charge in [0.2, 0.25) is 5.95 Å². The summed E-state index contributed by atoms with van der Waals surface area (Å²) in [6, 6.07) is 3.44. The molecule has 0 aliphatic carbocycles. The fourth-order valence-corrected chi connectivity index (χ4v) is 2.43. The third-order valence-corrected chi connectivity index (χ3v) is 3.52. The van der Waals surface area contributed by atoms with E-state index in [4.69, 9.17) is 0 Å². The van der Waals surface area contributed by atoms with Gasteiger partial charge in [-0.05, 0) is 5.56 Å². The molecule has 1 unspecified atom stereocenters. The van der Waals surface area contributed by atoms with Crippen molar-refractivity contribution in [1.29, 1.82) is 0 Å². The van der Waals surface area contributed by atoms with Crippen LogP contribution in [0.5, 0.6) is 0 Å². The van der Waals surface area contributed by atoms with Gasteiger partial charge in [0.05, 0.1) is 11.1 Å². The van der Waals surface area contributed by atoms with Crippen LogP contribution in [0.15, 0.2) is 42.8 Å². The van der Waals surface area contributed by atoms with Crippen LogP contribution < -0.4 is 9.47 Å². The third kappa shape index (κ3) is 2.35. The molecule has 0 N–H and O–H groups in total. The topological polar surface area (TPSA) is 81.0 Å². The summed E-state index contributed by atoms with van der Waals surface area (Å²) < 4.78 is 3.52. The maximum atomic E-state index is 11.3. The lowest BCUT2D eigenvalue weighted by Gasteiger charge is -2.25. The van der Waals surface area contributed by atoms with Crippen molar-refractivity contribution < 1.29 is 9.49 Å². The van der Waals surface area contributed by atoms with Gasteiger partial charge < -0.3 is 4.90 Å². The first-order valence-corrected chi connectivity index (χ1v) is 6.49. The Hall–Kier alpha value is -2.77. The number of fused-ring (bicyclic) bond motifs is 1. The molecule has 0 saturated heterocycles. The maximum absolute atomic E-state index is 11.3. The molecular weight excluding hydrogens is 272 g/mol. The minimum atomic E-state index is -0.457. The fraction of sp³-hybridized carbons (Fsp3) is 0.308. The third-order valence-electron chi connectivity index (χ3n) is 3.52. The summed E-state index contributed by atoms with van der Waals surface area (Å²) in [6.45, 7) is 0. The largest absolute Gasteiger partial charge is 0.314 e. The van der Waals surface area contributed by atoms with E-state index in [2.05, 4.69) is 10.1 Å². The number of hydrogen-bond donors (Lipinski definition) is 0. The lowest BCUT2D eigenvalue weighted by molar-refractivity contribution is -0.671. The summed E-state index contributed by atoms with van der Waals surface area (Å²) in [6.07, 6.45) is 7.26. The van der Waals surface area contributed by atoms with Crippen molar-refractivity contribution in [2.24, 2.45) is 7.05 Å². The van der Waals surface area contributed by atoms with E-state index in [1.807, 2.05) is 36.1 Å². The average molecular weight is 287 g/mol. The molecule has 0 spiro atoms. The van der Waals surface area contributed by atoms with E-state index in [-0.39, 0.29) is 10.6 Å². The van der Waals surface area contributed by atoms with E-state index in [0.29, 0.717) is 12.4 Å². The van der Waals surface area contributed by atoms with Crippen LogP contribution in [0.4, 0.5) is 5.95 Å². The molecule has 8 nitrogen and oxygen atoms in total. The van der Waals surface area contributed by atoms with Crippen LogP contribution in [0.3, 0.4) is 0 Å². The van der Waals surface area contributed by atoms with E-state index in [1.54, 1.807) is 16.6 Å². The highest BCUT2D eigenvalue weighted by Gasteiger charge is 2.35. The van der Waals surface area contributed by atoms with Gasteiger partial charge in [0.25, 0.3) is 5.70 Å². The van der Waals surface area contributed by atoms with Crippen LogP contribution in [-0.4, -0.2) is 26.7 Å². The van der Waals surface area contributed by atoms with Crippen LogP contribution in [0.1, 0.15) is 11.6 Å². The molecule has 0 fully saturated rings. The summed E-state index contributed by atoms with van der Waals surface area (Å²) in [5.74, 6) is 0.604. The number of aryl methyl sites for hydroxylation is 1. The minimum absolute atomic E-state index is 0.115. The number of pyridine rings is 1. The van der Waals surface area contributed by atoms with Gasteiger partial charge >= 0.3 is 0 Å². The molecule has 3 heterocycles. The van der Waals surface area contributed by atoms with E-state index in [0.717, 1.165) is 5.56 Å².